The standard InChI is InChI=1S/C22H20N6OS2/c1-3-18-25-26-22-28(18)27-20(31-22)16-10-11-17(14(2)13-16)23-21(30)24-19(29)12-9-15-7-5-4-6-8-15/h4-13H,3H2,1-2H3,(H2,23,24,29,30)/b12-9+. The molecule has 4 rings (SSSR count). The van der Waals surface area contributed by atoms with Crippen LogP contribution in [0.5, 0.6) is 0 Å². The molecular formula is C22H20N6OS2. The lowest BCUT2D eigenvalue weighted by molar-refractivity contribution is -0.115. The lowest BCUT2D eigenvalue weighted by Gasteiger charge is -2.11. The van der Waals surface area contributed by atoms with Crippen LogP contribution in [0.15, 0.2) is 54.6 Å². The summed E-state index contributed by atoms with van der Waals surface area (Å²) in [4.78, 5) is 12.9. The molecule has 2 aromatic heterocycles. The average Bonchev–Trinajstić information content (AvgIpc) is 3.35. The van der Waals surface area contributed by atoms with Gasteiger partial charge in [-0.2, -0.15) is 9.61 Å². The van der Waals surface area contributed by atoms with Crippen molar-refractivity contribution in [1.29, 1.82) is 0 Å². The van der Waals surface area contributed by atoms with Crippen molar-refractivity contribution in [2.24, 2.45) is 0 Å². The minimum absolute atomic E-state index is 0.241. The molecule has 0 saturated heterocycles. The molecule has 0 unspecified atom stereocenters. The van der Waals surface area contributed by atoms with Gasteiger partial charge < -0.3 is 5.32 Å². The third kappa shape index (κ3) is 4.84. The molecule has 9 heteroatoms. The van der Waals surface area contributed by atoms with Gasteiger partial charge in [-0.25, -0.2) is 0 Å². The maximum Gasteiger partial charge on any atom is 0.250 e. The van der Waals surface area contributed by atoms with Crippen molar-refractivity contribution < 1.29 is 4.79 Å². The summed E-state index contributed by atoms with van der Waals surface area (Å²) in [6, 6.07) is 15.5. The zero-order chi connectivity index (χ0) is 21.8. The Morgan fingerprint density at radius 3 is 2.74 bits per heavy atom. The summed E-state index contributed by atoms with van der Waals surface area (Å²) < 4.78 is 1.79. The molecule has 1 amide bonds. The fraction of sp³-hybridized carbons (Fsp3) is 0.136. The summed E-state index contributed by atoms with van der Waals surface area (Å²) in [7, 11) is 0. The molecule has 0 bridgehead atoms. The summed E-state index contributed by atoms with van der Waals surface area (Å²) >= 11 is 6.78. The fourth-order valence-corrected chi connectivity index (χ4v) is 4.04. The molecule has 0 atom stereocenters. The van der Waals surface area contributed by atoms with Gasteiger partial charge >= 0.3 is 0 Å². The first-order valence-corrected chi connectivity index (χ1v) is 10.9. The molecule has 0 saturated carbocycles. The van der Waals surface area contributed by atoms with Gasteiger partial charge in [0, 0.05) is 23.7 Å². The molecular weight excluding hydrogens is 428 g/mol. The number of carbonyl (C=O) groups excluding carboxylic acids is 1. The monoisotopic (exact) mass is 448 g/mol. The number of aryl methyl sites for hydroxylation is 2. The Morgan fingerprint density at radius 2 is 2.00 bits per heavy atom. The van der Waals surface area contributed by atoms with E-state index in [0.717, 1.165) is 44.6 Å². The highest BCUT2D eigenvalue weighted by Gasteiger charge is 2.13. The Hall–Kier alpha value is -3.43. The van der Waals surface area contributed by atoms with Crippen molar-refractivity contribution in [3.05, 3.63) is 71.6 Å². The minimum Gasteiger partial charge on any atom is -0.332 e. The molecule has 156 valence electrons. The van der Waals surface area contributed by atoms with E-state index in [1.54, 1.807) is 10.6 Å². The third-order valence-electron chi connectivity index (χ3n) is 4.56. The normalized spacial score (nSPS) is 11.2. The number of aromatic nitrogens is 4. The molecule has 0 radical (unpaired) electrons. The van der Waals surface area contributed by atoms with Crippen molar-refractivity contribution in [2.45, 2.75) is 20.3 Å². The van der Waals surface area contributed by atoms with E-state index in [1.807, 2.05) is 62.4 Å². The van der Waals surface area contributed by atoms with Crippen molar-refractivity contribution in [3.8, 4) is 10.6 Å². The number of rotatable bonds is 5. The van der Waals surface area contributed by atoms with Crippen LogP contribution in [0.1, 0.15) is 23.9 Å². The van der Waals surface area contributed by atoms with Crippen molar-refractivity contribution >= 4 is 51.3 Å². The molecule has 4 aromatic rings. The van der Waals surface area contributed by atoms with Gasteiger partial charge in [0.25, 0.3) is 0 Å². The molecule has 31 heavy (non-hydrogen) atoms. The summed E-state index contributed by atoms with van der Waals surface area (Å²) in [6.07, 6.45) is 3.97. The Morgan fingerprint density at radius 1 is 1.19 bits per heavy atom. The number of hydrogen-bond donors (Lipinski definition) is 2. The molecule has 7 nitrogen and oxygen atoms in total. The molecule has 0 fully saturated rings. The van der Waals surface area contributed by atoms with Crippen LogP contribution in [-0.2, 0) is 11.2 Å². The van der Waals surface area contributed by atoms with E-state index in [9.17, 15) is 4.79 Å². The summed E-state index contributed by atoms with van der Waals surface area (Å²) in [5, 5.41) is 19.8. The second kappa shape index (κ2) is 9.15. The predicted molar refractivity (Wildman–Crippen MR) is 128 cm³/mol. The number of nitrogens with one attached hydrogen (secondary N) is 2. The second-order valence-corrected chi connectivity index (χ2v) is 8.15. The Bertz CT molecular complexity index is 1280. The van der Waals surface area contributed by atoms with Crippen molar-refractivity contribution in [1.82, 2.24) is 25.1 Å². The smallest absolute Gasteiger partial charge is 0.250 e. The number of nitrogens with zero attached hydrogens (tertiary/aromatic N) is 4. The highest BCUT2D eigenvalue weighted by atomic mass is 32.1. The van der Waals surface area contributed by atoms with E-state index in [1.165, 1.54) is 17.4 Å². The first kappa shape index (κ1) is 20.8. The van der Waals surface area contributed by atoms with E-state index in [-0.39, 0.29) is 11.0 Å². The average molecular weight is 449 g/mol. The summed E-state index contributed by atoms with van der Waals surface area (Å²) in [5.74, 6) is 0.553. The maximum atomic E-state index is 12.1. The molecule has 0 aliphatic heterocycles. The van der Waals surface area contributed by atoms with Gasteiger partial charge in [-0.3, -0.25) is 10.1 Å². The first-order chi connectivity index (χ1) is 15.0. The topological polar surface area (TPSA) is 84.2 Å². The third-order valence-corrected chi connectivity index (χ3v) is 5.71. The largest absolute Gasteiger partial charge is 0.332 e. The van der Waals surface area contributed by atoms with Gasteiger partial charge in [0.15, 0.2) is 10.9 Å². The number of anilines is 1. The van der Waals surface area contributed by atoms with Crippen LogP contribution >= 0.6 is 23.6 Å². The molecule has 2 N–H and O–H groups in total. The van der Waals surface area contributed by atoms with Gasteiger partial charge in [0.05, 0.1) is 0 Å². The zero-order valence-corrected chi connectivity index (χ0v) is 18.6. The van der Waals surface area contributed by atoms with Crippen LogP contribution < -0.4 is 10.6 Å². The highest BCUT2D eigenvalue weighted by molar-refractivity contribution is 7.80. The van der Waals surface area contributed by atoms with Crippen LogP contribution in [0, 0.1) is 6.92 Å². The molecule has 0 aliphatic rings. The molecule has 0 aliphatic carbocycles. The quantitative estimate of drug-likeness (QED) is 0.351. The Balaban J connectivity index is 1.41. The highest BCUT2D eigenvalue weighted by Crippen LogP contribution is 2.28. The van der Waals surface area contributed by atoms with E-state index < -0.39 is 0 Å². The lowest BCUT2D eigenvalue weighted by atomic mass is 10.1. The van der Waals surface area contributed by atoms with E-state index in [4.69, 9.17) is 12.2 Å². The van der Waals surface area contributed by atoms with Gasteiger partial charge in [-0.05, 0) is 54.5 Å². The SMILES string of the molecule is CCc1nnc2sc(-c3ccc(NC(=S)NC(=O)/C=C/c4ccccc4)c(C)c3)nn12. The summed E-state index contributed by atoms with van der Waals surface area (Å²) in [6.45, 7) is 4.00. The zero-order valence-electron chi connectivity index (χ0n) is 17.0. The van der Waals surface area contributed by atoms with Gasteiger partial charge in [-0.15, -0.1) is 10.2 Å². The van der Waals surface area contributed by atoms with E-state index in [2.05, 4.69) is 25.9 Å². The summed E-state index contributed by atoms with van der Waals surface area (Å²) in [5.41, 5.74) is 3.73. The predicted octanol–water partition coefficient (Wildman–Crippen LogP) is 4.25. The molecule has 2 heterocycles. The molecule has 0 spiro atoms. The Kier molecular flexibility index (Phi) is 6.15. The van der Waals surface area contributed by atoms with Crippen LogP contribution in [0.25, 0.3) is 21.6 Å². The van der Waals surface area contributed by atoms with Crippen LogP contribution in [0.2, 0.25) is 0 Å². The number of thiocarbonyl (C=S) groups is 1. The van der Waals surface area contributed by atoms with E-state index in [0.29, 0.717) is 0 Å². The van der Waals surface area contributed by atoms with Crippen LogP contribution in [0.3, 0.4) is 0 Å². The van der Waals surface area contributed by atoms with Gasteiger partial charge in [-0.1, -0.05) is 48.6 Å². The number of benzene rings is 2. The minimum atomic E-state index is -0.290. The Labute approximate surface area is 188 Å². The number of fused-ring (bicyclic) bond motifs is 1. The van der Waals surface area contributed by atoms with Crippen LogP contribution in [0.4, 0.5) is 5.69 Å². The maximum absolute atomic E-state index is 12.1. The second-order valence-electron chi connectivity index (χ2n) is 6.79. The number of carbonyl (C=O) groups is 1. The lowest BCUT2D eigenvalue weighted by Crippen LogP contribution is -2.33. The van der Waals surface area contributed by atoms with Gasteiger partial charge in [0.1, 0.15) is 5.01 Å². The number of amides is 1. The van der Waals surface area contributed by atoms with Crippen molar-refractivity contribution in [3.63, 3.8) is 0 Å². The molecule has 2 aromatic carbocycles. The number of hydrogen-bond acceptors (Lipinski definition) is 6. The van der Waals surface area contributed by atoms with Crippen LogP contribution in [-0.4, -0.2) is 30.8 Å². The van der Waals surface area contributed by atoms with Crippen molar-refractivity contribution in [2.75, 3.05) is 5.32 Å². The first-order valence-electron chi connectivity index (χ1n) is 9.70. The van der Waals surface area contributed by atoms with E-state index >= 15 is 0 Å². The fourth-order valence-electron chi connectivity index (χ4n) is 2.97. The van der Waals surface area contributed by atoms with Gasteiger partial charge in [0.2, 0.25) is 10.9 Å².